The third-order valence-electron chi connectivity index (χ3n) is 2.66. The second kappa shape index (κ2) is 7.87. The zero-order valence-corrected chi connectivity index (χ0v) is 11.2. The van der Waals surface area contributed by atoms with Crippen molar-refractivity contribution < 1.29 is 9.90 Å². The number of aryl methyl sites for hydroxylation is 1. The molecule has 1 unspecified atom stereocenters. The van der Waals surface area contributed by atoms with E-state index < -0.39 is 6.10 Å². The van der Waals surface area contributed by atoms with Crippen molar-refractivity contribution in [1.82, 2.24) is 14.9 Å². The molecule has 0 aromatic carbocycles. The highest BCUT2D eigenvalue weighted by atomic mass is 16.3. The number of hydrogen-bond donors (Lipinski definition) is 2. The average Bonchev–Trinajstić information content (AvgIpc) is 2.78. The molecule has 1 amide bonds. The zero-order valence-electron chi connectivity index (χ0n) is 11.2. The van der Waals surface area contributed by atoms with Gasteiger partial charge >= 0.3 is 0 Å². The van der Waals surface area contributed by atoms with E-state index in [1.54, 1.807) is 12.5 Å². The zero-order chi connectivity index (χ0) is 13.4. The summed E-state index contributed by atoms with van der Waals surface area (Å²) in [5.74, 6) is 0.441. The van der Waals surface area contributed by atoms with Gasteiger partial charge in [-0.1, -0.05) is 13.8 Å². The fourth-order valence-electron chi connectivity index (χ4n) is 1.79. The van der Waals surface area contributed by atoms with Gasteiger partial charge in [0, 0.05) is 31.9 Å². The van der Waals surface area contributed by atoms with E-state index in [9.17, 15) is 9.90 Å². The van der Waals surface area contributed by atoms with Gasteiger partial charge in [0.1, 0.15) is 0 Å². The van der Waals surface area contributed by atoms with Crippen LogP contribution in [0.1, 0.15) is 33.1 Å². The minimum atomic E-state index is -0.442. The molecule has 0 aliphatic heterocycles. The van der Waals surface area contributed by atoms with Crippen LogP contribution < -0.4 is 5.32 Å². The summed E-state index contributed by atoms with van der Waals surface area (Å²) in [7, 11) is 0. The van der Waals surface area contributed by atoms with Gasteiger partial charge in [-0.2, -0.15) is 0 Å². The fourth-order valence-corrected chi connectivity index (χ4v) is 1.79. The summed E-state index contributed by atoms with van der Waals surface area (Å²) in [5.41, 5.74) is 0. The smallest absolute Gasteiger partial charge is 0.220 e. The van der Waals surface area contributed by atoms with Gasteiger partial charge in [0.05, 0.1) is 12.4 Å². The summed E-state index contributed by atoms with van der Waals surface area (Å²) in [6, 6.07) is 0. The number of aliphatic hydroxyl groups excluding tert-OH is 1. The van der Waals surface area contributed by atoms with Gasteiger partial charge < -0.3 is 15.0 Å². The third-order valence-corrected chi connectivity index (χ3v) is 2.66. The van der Waals surface area contributed by atoms with E-state index in [-0.39, 0.29) is 5.91 Å². The van der Waals surface area contributed by atoms with Crippen molar-refractivity contribution >= 4 is 5.91 Å². The Kier molecular flexibility index (Phi) is 6.43. The normalized spacial score (nSPS) is 12.7. The Balaban J connectivity index is 2.07. The molecule has 0 aliphatic rings. The SMILES string of the molecule is CC(C)CC(O)CNC(=O)CCCn1ccnc1. The molecular formula is C13H23N3O2. The molecule has 0 fully saturated rings. The Bertz CT molecular complexity index is 336. The molecule has 2 N–H and O–H groups in total. The molecular weight excluding hydrogens is 230 g/mol. The van der Waals surface area contributed by atoms with Crippen molar-refractivity contribution in [2.75, 3.05) is 6.54 Å². The highest BCUT2D eigenvalue weighted by Crippen LogP contribution is 2.03. The number of rotatable bonds is 8. The predicted molar refractivity (Wildman–Crippen MR) is 69.9 cm³/mol. The highest BCUT2D eigenvalue weighted by Gasteiger charge is 2.08. The lowest BCUT2D eigenvalue weighted by atomic mass is 10.1. The van der Waals surface area contributed by atoms with Crippen molar-refractivity contribution in [3.8, 4) is 0 Å². The number of amides is 1. The molecule has 0 bridgehead atoms. The molecule has 5 heteroatoms. The number of hydrogen-bond acceptors (Lipinski definition) is 3. The molecule has 1 atom stereocenters. The Labute approximate surface area is 108 Å². The largest absolute Gasteiger partial charge is 0.391 e. The van der Waals surface area contributed by atoms with Crippen LogP contribution in [0.5, 0.6) is 0 Å². The first-order valence-electron chi connectivity index (χ1n) is 6.48. The summed E-state index contributed by atoms with van der Waals surface area (Å²) in [6.07, 6.45) is 6.88. The van der Waals surface area contributed by atoms with Gasteiger partial charge in [-0.15, -0.1) is 0 Å². The van der Waals surface area contributed by atoms with Gasteiger partial charge in [-0.25, -0.2) is 4.98 Å². The maximum Gasteiger partial charge on any atom is 0.220 e. The predicted octanol–water partition coefficient (Wildman–Crippen LogP) is 1.19. The number of imidazole rings is 1. The van der Waals surface area contributed by atoms with Gasteiger partial charge in [0.2, 0.25) is 5.91 Å². The molecule has 18 heavy (non-hydrogen) atoms. The molecule has 0 saturated carbocycles. The van der Waals surface area contributed by atoms with E-state index in [0.29, 0.717) is 18.9 Å². The van der Waals surface area contributed by atoms with Crippen LogP contribution in [0.4, 0.5) is 0 Å². The average molecular weight is 253 g/mol. The molecule has 5 nitrogen and oxygen atoms in total. The first kappa shape index (κ1) is 14.7. The van der Waals surface area contributed by atoms with E-state index in [1.807, 2.05) is 10.8 Å². The van der Waals surface area contributed by atoms with Gasteiger partial charge in [0.15, 0.2) is 0 Å². The summed E-state index contributed by atoms with van der Waals surface area (Å²) in [5, 5.41) is 12.4. The minimum Gasteiger partial charge on any atom is -0.391 e. The number of nitrogens with one attached hydrogen (secondary N) is 1. The van der Waals surface area contributed by atoms with Crippen molar-refractivity contribution in [2.24, 2.45) is 5.92 Å². The number of carbonyl (C=O) groups excluding carboxylic acids is 1. The van der Waals surface area contributed by atoms with Crippen LogP contribution in [-0.4, -0.2) is 33.2 Å². The standard InChI is InChI=1S/C13H23N3O2/c1-11(2)8-12(17)9-15-13(18)4-3-6-16-7-5-14-10-16/h5,7,10-12,17H,3-4,6,8-9H2,1-2H3,(H,15,18). The van der Waals surface area contributed by atoms with Crippen molar-refractivity contribution in [2.45, 2.75) is 45.8 Å². The first-order valence-corrected chi connectivity index (χ1v) is 6.48. The molecule has 1 aromatic rings. The molecule has 1 heterocycles. The van der Waals surface area contributed by atoms with E-state index in [0.717, 1.165) is 19.4 Å². The van der Waals surface area contributed by atoms with Gasteiger partial charge in [-0.3, -0.25) is 4.79 Å². The molecule has 102 valence electrons. The number of carbonyl (C=O) groups is 1. The lowest BCUT2D eigenvalue weighted by Gasteiger charge is -2.13. The molecule has 1 rings (SSSR count). The lowest BCUT2D eigenvalue weighted by molar-refractivity contribution is -0.121. The number of nitrogens with zero attached hydrogens (tertiary/aromatic N) is 2. The fraction of sp³-hybridized carbons (Fsp3) is 0.692. The molecule has 0 spiro atoms. The van der Waals surface area contributed by atoms with Crippen molar-refractivity contribution in [1.29, 1.82) is 0 Å². The molecule has 0 radical (unpaired) electrons. The first-order chi connectivity index (χ1) is 8.58. The Morgan fingerprint density at radius 3 is 2.89 bits per heavy atom. The van der Waals surface area contributed by atoms with Crippen LogP contribution in [0.3, 0.4) is 0 Å². The number of aromatic nitrogens is 2. The second-order valence-electron chi connectivity index (χ2n) is 4.99. The van der Waals surface area contributed by atoms with Crippen LogP contribution in [0.25, 0.3) is 0 Å². The monoisotopic (exact) mass is 253 g/mol. The molecule has 1 aromatic heterocycles. The van der Waals surface area contributed by atoms with Crippen LogP contribution in [0.2, 0.25) is 0 Å². The van der Waals surface area contributed by atoms with Crippen LogP contribution in [-0.2, 0) is 11.3 Å². The minimum absolute atomic E-state index is 0.00192. The summed E-state index contributed by atoms with van der Waals surface area (Å²) in [6.45, 7) is 5.25. The summed E-state index contributed by atoms with van der Waals surface area (Å²) < 4.78 is 1.95. The van der Waals surface area contributed by atoms with Crippen LogP contribution in [0, 0.1) is 5.92 Å². The highest BCUT2D eigenvalue weighted by molar-refractivity contribution is 5.75. The maximum atomic E-state index is 11.5. The van der Waals surface area contributed by atoms with Crippen molar-refractivity contribution in [3.05, 3.63) is 18.7 Å². The van der Waals surface area contributed by atoms with Gasteiger partial charge in [0.25, 0.3) is 0 Å². The van der Waals surface area contributed by atoms with Crippen LogP contribution in [0.15, 0.2) is 18.7 Å². The van der Waals surface area contributed by atoms with E-state index >= 15 is 0 Å². The third kappa shape index (κ3) is 6.39. The second-order valence-corrected chi connectivity index (χ2v) is 4.99. The Hall–Kier alpha value is -1.36. The summed E-state index contributed by atoms with van der Waals surface area (Å²) >= 11 is 0. The maximum absolute atomic E-state index is 11.5. The van der Waals surface area contributed by atoms with E-state index in [4.69, 9.17) is 0 Å². The quantitative estimate of drug-likeness (QED) is 0.731. The molecule has 0 aliphatic carbocycles. The Morgan fingerprint density at radius 2 is 2.28 bits per heavy atom. The van der Waals surface area contributed by atoms with E-state index in [1.165, 1.54) is 0 Å². The van der Waals surface area contributed by atoms with Crippen molar-refractivity contribution in [3.63, 3.8) is 0 Å². The summed E-state index contributed by atoms with van der Waals surface area (Å²) in [4.78, 5) is 15.5. The van der Waals surface area contributed by atoms with E-state index in [2.05, 4.69) is 24.1 Å². The van der Waals surface area contributed by atoms with Crippen LogP contribution >= 0.6 is 0 Å². The number of aliphatic hydroxyl groups is 1. The Morgan fingerprint density at radius 1 is 1.50 bits per heavy atom. The topological polar surface area (TPSA) is 67.2 Å². The molecule has 0 saturated heterocycles. The lowest BCUT2D eigenvalue weighted by Crippen LogP contribution is -2.32. The van der Waals surface area contributed by atoms with Gasteiger partial charge in [-0.05, 0) is 18.8 Å².